The third-order valence-electron chi connectivity index (χ3n) is 3.57. The molecule has 7 heteroatoms. The van der Waals surface area contributed by atoms with Crippen LogP contribution in [0.3, 0.4) is 0 Å². The maximum atomic E-state index is 12.1. The summed E-state index contributed by atoms with van der Waals surface area (Å²) < 4.78 is 0. The van der Waals surface area contributed by atoms with Crippen LogP contribution in [0.4, 0.5) is 5.69 Å². The van der Waals surface area contributed by atoms with Crippen LogP contribution in [0.25, 0.3) is 0 Å². The molecular formula is C19H20Cl2N2O2S. The van der Waals surface area contributed by atoms with Gasteiger partial charge in [0.15, 0.2) is 0 Å². The van der Waals surface area contributed by atoms with Crippen LogP contribution in [0.1, 0.15) is 24.1 Å². The molecule has 2 aromatic carbocycles. The Kier molecular flexibility index (Phi) is 7.82. The van der Waals surface area contributed by atoms with Crippen molar-refractivity contribution in [2.45, 2.75) is 19.9 Å². The molecule has 0 aromatic heterocycles. The first-order chi connectivity index (χ1) is 12.3. The van der Waals surface area contributed by atoms with Crippen LogP contribution in [-0.4, -0.2) is 23.3 Å². The van der Waals surface area contributed by atoms with Gasteiger partial charge in [0, 0.05) is 15.7 Å². The summed E-state index contributed by atoms with van der Waals surface area (Å²) in [6.45, 7) is 3.81. The van der Waals surface area contributed by atoms with Gasteiger partial charge in [-0.1, -0.05) is 41.4 Å². The second kappa shape index (κ2) is 9.86. The van der Waals surface area contributed by atoms with Crippen LogP contribution < -0.4 is 10.6 Å². The lowest BCUT2D eigenvalue weighted by atomic mass is 10.1. The van der Waals surface area contributed by atoms with E-state index in [4.69, 9.17) is 23.2 Å². The Balaban J connectivity index is 1.75. The van der Waals surface area contributed by atoms with Gasteiger partial charge in [-0.15, -0.1) is 11.8 Å². The molecule has 0 aliphatic heterocycles. The number of nitrogens with one attached hydrogen (secondary N) is 2. The maximum absolute atomic E-state index is 12.1. The number of anilines is 1. The number of thioether (sulfide) groups is 1. The van der Waals surface area contributed by atoms with E-state index in [1.54, 1.807) is 18.2 Å². The largest absolute Gasteiger partial charge is 0.349 e. The van der Waals surface area contributed by atoms with Crippen LogP contribution in [0.2, 0.25) is 10.0 Å². The van der Waals surface area contributed by atoms with Gasteiger partial charge in [-0.05, 0) is 49.2 Å². The van der Waals surface area contributed by atoms with E-state index in [1.165, 1.54) is 11.8 Å². The fourth-order valence-corrected chi connectivity index (χ4v) is 3.57. The molecule has 0 saturated carbocycles. The summed E-state index contributed by atoms with van der Waals surface area (Å²) in [4.78, 5) is 24.0. The number of carbonyl (C=O) groups is 2. The Morgan fingerprint density at radius 1 is 1.08 bits per heavy atom. The minimum Gasteiger partial charge on any atom is -0.349 e. The zero-order valence-electron chi connectivity index (χ0n) is 14.5. The maximum Gasteiger partial charge on any atom is 0.234 e. The third-order valence-corrected chi connectivity index (χ3v) is 5.07. The number of halogens is 2. The van der Waals surface area contributed by atoms with Crippen molar-refractivity contribution >= 4 is 52.5 Å². The van der Waals surface area contributed by atoms with E-state index < -0.39 is 0 Å². The standard InChI is InChI=1S/C19H20Cl2N2O2S/c1-12-4-3-5-15(8-12)23-19(25)11-26-10-18(24)22-13(2)16-7-6-14(20)9-17(16)21/h3-9,13H,10-11H2,1-2H3,(H,22,24)(H,23,25)/t13-/m1/s1. The number of benzene rings is 2. The average molecular weight is 411 g/mol. The summed E-state index contributed by atoms with van der Waals surface area (Å²) >= 11 is 13.3. The Bertz CT molecular complexity index is 799. The second-order valence-corrected chi connectivity index (χ2v) is 7.69. The highest BCUT2D eigenvalue weighted by molar-refractivity contribution is 8.00. The zero-order chi connectivity index (χ0) is 19.1. The van der Waals surface area contributed by atoms with Gasteiger partial charge in [-0.2, -0.15) is 0 Å². The number of hydrogen-bond acceptors (Lipinski definition) is 3. The van der Waals surface area contributed by atoms with Crippen LogP contribution in [-0.2, 0) is 9.59 Å². The molecular weight excluding hydrogens is 391 g/mol. The minimum atomic E-state index is -0.242. The highest BCUT2D eigenvalue weighted by atomic mass is 35.5. The highest BCUT2D eigenvalue weighted by Gasteiger charge is 2.13. The fourth-order valence-electron chi connectivity index (χ4n) is 2.37. The van der Waals surface area contributed by atoms with Crippen molar-refractivity contribution in [2.75, 3.05) is 16.8 Å². The number of rotatable bonds is 7. The molecule has 2 aromatic rings. The molecule has 2 amide bonds. The molecule has 0 spiro atoms. The van der Waals surface area contributed by atoms with Crippen molar-refractivity contribution < 1.29 is 9.59 Å². The zero-order valence-corrected chi connectivity index (χ0v) is 16.8. The summed E-state index contributed by atoms with van der Waals surface area (Å²) in [6, 6.07) is 12.5. The molecule has 1 atom stereocenters. The van der Waals surface area contributed by atoms with E-state index in [1.807, 2.05) is 38.1 Å². The van der Waals surface area contributed by atoms with Gasteiger partial charge >= 0.3 is 0 Å². The number of aryl methyl sites for hydroxylation is 1. The molecule has 0 heterocycles. The summed E-state index contributed by atoms with van der Waals surface area (Å²) in [5.74, 6) is 0.105. The highest BCUT2D eigenvalue weighted by Crippen LogP contribution is 2.26. The summed E-state index contributed by atoms with van der Waals surface area (Å²) in [5.41, 5.74) is 2.63. The van der Waals surface area contributed by atoms with E-state index in [9.17, 15) is 9.59 Å². The average Bonchev–Trinajstić information content (AvgIpc) is 2.54. The van der Waals surface area contributed by atoms with Gasteiger partial charge in [-0.25, -0.2) is 0 Å². The molecule has 0 fully saturated rings. The first-order valence-corrected chi connectivity index (χ1v) is 9.95. The minimum absolute atomic E-state index is 0.137. The Morgan fingerprint density at radius 3 is 2.50 bits per heavy atom. The molecule has 26 heavy (non-hydrogen) atoms. The Morgan fingerprint density at radius 2 is 1.81 bits per heavy atom. The smallest absolute Gasteiger partial charge is 0.234 e. The summed E-state index contributed by atoms with van der Waals surface area (Å²) in [6.07, 6.45) is 0. The monoisotopic (exact) mass is 410 g/mol. The van der Waals surface area contributed by atoms with Gasteiger partial charge < -0.3 is 10.6 Å². The summed E-state index contributed by atoms with van der Waals surface area (Å²) in [7, 11) is 0. The third kappa shape index (κ3) is 6.56. The van der Waals surface area contributed by atoms with E-state index in [0.29, 0.717) is 10.0 Å². The van der Waals surface area contributed by atoms with Crippen LogP contribution in [0.15, 0.2) is 42.5 Å². The molecule has 4 nitrogen and oxygen atoms in total. The van der Waals surface area contributed by atoms with Gasteiger partial charge in [0.25, 0.3) is 0 Å². The Labute approximate surface area is 167 Å². The summed E-state index contributed by atoms with van der Waals surface area (Å²) in [5, 5.41) is 6.74. The number of hydrogen-bond donors (Lipinski definition) is 2. The molecule has 2 N–H and O–H groups in total. The quantitative estimate of drug-likeness (QED) is 0.685. The molecule has 0 radical (unpaired) electrons. The van der Waals surface area contributed by atoms with Crippen molar-refractivity contribution in [1.29, 1.82) is 0 Å². The lowest BCUT2D eigenvalue weighted by Crippen LogP contribution is -2.29. The number of carbonyl (C=O) groups excluding carboxylic acids is 2. The lowest BCUT2D eigenvalue weighted by molar-refractivity contribution is -0.119. The van der Waals surface area contributed by atoms with Crippen molar-refractivity contribution in [3.05, 3.63) is 63.6 Å². The van der Waals surface area contributed by atoms with Crippen molar-refractivity contribution in [3.8, 4) is 0 Å². The first kappa shape index (κ1) is 20.6. The van der Waals surface area contributed by atoms with Crippen molar-refractivity contribution in [3.63, 3.8) is 0 Å². The van der Waals surface area contributed by atoms with Crippen molar-refractivity contribution in [1.82, 2.24) is 5.32 Å². The molecule has 0 aliphatic rings. The van der Waals surface area contributed by atoms with E-state index in [0.717, 1.165) is 16.8 Å². The van der Waals surface area contributed by atoms with Crippen LogP contribution in [0, 0.1) is 6.92 Å². The molecule has 0 unspecified atom stereocenters. The van der Waals surface area contributed by atoms with Gasteiger partial charge in [0.2, 0.25) is 11.8 Å². The van der Waals surface area contributed by atoms with Gasteiger partial charge in [0.05, 0.1) is 17.5 Å². The van der Waals surface area contributed by atoms with Gasteiger partial charge in [0.1, 0.15) is 0 Å². The lowest BCUT2D eigenvalue weighted by Gasteiger charge is -2.16. The molecule has 0 aliphatic carbocycles. The molecule has 138 valence electrons. The number of amides is 2. The van der Waals surface area contributed by atoms with E-state index in [2.05, 4.69) is 10.6 Å². The SMILES string of the molecule is Cc1cccc(NC(=O)CSCC(=O)N[C@H](C)c2ccc(Cl)cc2Cl)c1. The molecule has 0 bridgehead atoms. The van der Waals surface area contributed by atoms with E-state index in [-0.39, 0.29) is 29.4 Å². The Hall–Kier alpha value is -1.69. The normalized spacial score (nSPS) is 11.7. The fraction of sp³-hybridized carbons (Fsp3) is 0.263. The van der Waals surface area contributed by atoms with E-state index >= 15 is 0 Å². The van der Waals surface area contributed by atoms with Crippen molar-refractivity contribution in [2.24, 2.45) is 0 Å². The first-order valence-electron chi connectivity index (χ1n) is 8.03. The predicted octanol–water partition coefficient (Wildman–Crippen LogP) is 4.85. The van der Waals surface area contributed by atoms with Crippen LogP contribution in [0.5, 0.6) is 0 Å². The topological polar surface area (TPSA) is 58.2 Å². The predicted molar refractivity (Wildman–Crippen MR) is 110 cm³/mol. The second-order valence-electron chi connectivity index (χ2n) is 5.87. The molecule has 2 rings (SSSR count). The van der Waals surface area contributed by atoms with Gasteiger partial charge in [-0.3, -0.25) is 9.59 Å². The van der Waals surface area contributed by atoms with Crippen LogP contribution >= 0.6 is 35.0 Å². The molecule has 0 saturated heterocycles.